The molecular weight excluding hydrogens is 550 g/mol. The molecule has 3 aromatic carbocycles. The number of rotatable bonds is 13. The topological polar surface area (TPSA) is 96.0 Å². The van der Waals surface area contributed by atoms with E-state index in [-0.39, 0.29) is 29.1 Å². The fourth-order valence-electron chi connectivity index (χ4n) is 5.35. The molecule has 0 aromatic heterocycles. The van der Waals surface area contributed by atoms with E-state index >= 15 is 0 Å². The van der Waals surface area contributed by atoms with Crippen LogP contribution in [0.1, 0.15) is 57.1 Å². The van der Waals surface area contributed by atoms with Gasteiger partial charge in [-0.15, -0.1) is 0 Å². The van der Waals surface area contributed by atoms with Crippen LogP contribution in [0.25, 0.3) is 0 Å². The van der Waals surface area contributed by atoms with Gasteiger partial charge >= 0.3 is 0 Å². The number of amides is 2. The Kier molecular flexibility index (Phi) is 10.6. The molecule has 1 aliphatic carbocycles. The second-order valence-electron chi connectivity index (χ2n) is 10.6. The molecule has 0 heterocycles. The third kappa shape index (κ3) is 7.50. The van der Waals surface area contributed by atoms with Crippen molar-refractivity contribution in [3.8, 4) is 5.75 Å². The van der Waals surface area contributed by atoms with Gasteiger partial charge in [0.1, 0.15) is 18.3 Å². The van der Waals surface area contributed by atoms with Gasteiger partial charge in [-0.1, -0.05) is 79.9 Å². The van der Waals surface area contributed by atoms with Gasteiger partial charge in [-0.05, 0) is 62.9 Å². The van der Waals surface area contributed by atoms with E-state index in [1.165, 1.54) is 17.0 Å². The van der Waals surface area contributed by atoms with Crippen LogP contribution in [0.3, 0.4) is 0 Å². The Bertz CT molecular complexity index is 1440. The molecule has 1 fully saturated rings. The summed E-state index contributed by atoms with van der Waals surface area (Å²) in [5.41, 5.74) is 2.19. The average molecular weight is 592 g/mol. The number of carbonyl (C=O) groups is 2. The minimum atomic E-state index is -4.17. The van der Waals surface area contributed by atoms with Crippen LogP contribution in [0.15, 0.2) is 83.8 Å². The second kappa shape index (κ2) is 14.4. The maximum Gasteiger partial charge on any atom is 0.264 e. The second-order valence-corrected chi connectivity index (χ2v) is 12.5. The standard InChI is InChI=1S/C33H41N3O5S/c1-4-29(33(38)34-27-13-9-10-14-27)35(23-26-21-19-25(3)20-22-26)32(37)24-36(30-17-11-12-18-31(30)41-5-2)42(39,40)28-15-7-6-8-16-28/h6-8,11-12,15-22,27,29H,4-5,9-10,13-14,23-24H2,1-3H3,(H,34,38)/t29-/m0/s1. The molecule has 1 N–H and O–H groups in total. The van der Waals surface area contributed by atoms with Crippen LogP contribution in [0.2, 0.25) is 0 Å². The van der Waals surface area contributed by atoms with Crippen LogP contribution < -0.4 is 14.4 Å². The summed E-state index contributed by atoms with van der Waals surface area (Å²) in [6.45, 7) is 5.66. The molecule has 0 radical (unpaired) electrons. The van der Waals surface area contributed by atoms with Crippen LogP contribution in [0.5, 0.6) is 5.75 Å². The van der Waals surface area contributed by atoms with Crippen molar-refractivity contribution in [2.24, 2.45) is 0 Å². The highest BCUT2D eigenvalue weighted by Gasteiger charge is 2.35. The Morgan fingerprint density at radius 3 is 2.21 bits per heavy atom. The summed E-state index contributed by atoms with van der Waals surface area (Å²) in [6.07, 6.45) is 4.37. The van der Waals surface area contributed by atoms with Crippen LogP contribution in [0, 0.1) is 6.92 Å². The smallest absolute Gasteiger partial charge is 0.264 e. The molecule has 9 heteroatoms. The van der Waals surface area contributed by atoms with Gasteiger partial charge in [0.2, 0.25) is 11.8 Å². The van der Waals surface area contributed by atoms with Gasteiger partial charge in [0.05, 0.1) is 17.2 Å². The van der Waals surface area contributed by atoms with E-state index in [4.69, 9.17) is 4.74 Å². The molecule has 0 saturated heterocycles. The van der Waals surface area contributed by atoms with Gasteiger partial charge in [-0.25, -0.2) is 8.42 Å². The summed E-state index contributed by atoms with van der Waals surface area (Å²) in [6, 6.07) is 21.9. The van der Waals surface area contributed by atoms with E-state index in [2.05, 4.69) is 5.32 Å². The molecule has 0 spiro atoms. The third-order valence-corrected chi connectivity index (χ3v) is 9.38. The summed E-state index contributed by atoms with van der Waals surface area (Å²) >= 11 is 0. The first-order valence-corrected chi connectivity index (χ1v) is 16.1. The van der Waals surface area contributed by atoms with Crippen molar-refractivity contribution in [2.75, 3.05) is 17.5 Å². The zero-order chi connectivity index (χ0) is 30.1. The predicted molar refractivity (Wildman–Crippen MR) is 165 cm³/mol. The largest absolute Gasteiger partial charge is 0.492 e. The maximum atomic E-state index is 14.3. The molecule has 0 bridgehead atoms. The molecule has 4 rings (SSSR count). The highest BCUT2D eigenvalue weighted by atomic mass is 32.2. The van der Waals surface area contributed by atoms with Crippen molar-refractivity contribution >= 4 is 27.5 Å². The van der Waals surface area contributed by atoms with E-state index in [0.717, 1.165) is 41.1 Å². The number of benzene rings is 3. The van der Waals surface area contributed by atoms with Crippen LogP contribution in [-0.4, -0.2) is 50.4 Å². The number of carbonyl (C=O) groups excluding carboxylic acids is 2. The van der Waals surface area contributed by atoms with Crippen molar-refractivity contribution < 1.29 is 22.7 Å². The van der Waals surface area contributed by atoms with E-state index in [9.17, 15) is 18.0 Å². The summed E-state index contributed by atoms with van der Waals surface area (Å²) < 4.78 is 35.0. The summed E-state index contributed by atoms with van der Waals surface area (Å²) in [5, 5.41) is 3.14. The number of nitrogens with one attached hydrogen (secondary N) is 1. The molecule has 8 nitrogen and oxygen atoms in total. The normalized spacial score (nSPS) is 14.3. The number of sulfonamides is 1. The fraction of sp³-hybridized carbons (Fsp3) is 0.394. The molecule has 224 valence electrons. The van der Waals surface area contributed by atoms with E-state index in [1.54, 1.807) is 42.5 Å². The van der Waals surface area contributed by atoms with Crippen molar-refractivity contribution in [1.29, 1.82) is 0 Å². The quantitative estimate of drug-likeness (QED) is 0.285. The van der Waals surface area contributed by atoms with Gasteiger partial charge < -0.3 is 15.0 Å². The van der Waals surface area contributed by atoms with Crippen molar-refractivity contribution in [3.63, 3.8) is 0 Å². The SMILES string of the molecule is CCOc1ccccc1N(CC(=O)N(Cc1ccc(C)cc1)[C@@H](CC)C(=O)NC1CCCC1)S(=O)(=O)c1ccccc1. The predicted octanol–water partition coefficient (Wildman–Crippen LogP) is 5.46. The van der Waals surface area contributed by atoms with Crippen molar-refractivity contribution in [1.82, 2.24) is 10.2 Å². The number of hydrogen-bond donors (Lipinski definition) is 1. The summed E-state index contributed by atoms with van der Waals surface area (Å²) in [5.74, 6) is -0.338. The maximum absolute atomic E-state index is 14.3. The van der Waals surface area contributed by atoms with Crippen molar-refractivity contribution in [2.45, 2.75) is 76.4 Å². The van der Waals surface area contributed by atoms with Crippen LogP contribution in [0.4, 0.5) is 5.69 Å². The highest BCUT2D eigenvalue weighted by molar-refractivity contribution is 7.92. The minimum Gasteiger partial charge on any atom is -0.492 e. The molecule has 1 saturated carbocycles. The Hall–Kier alpha value is -3.85. The number of hydrogen-bond acceptors (Lipinski definition) is 5. The molecule has 1 atom stereocenters. The number of aryl methyl sites for hydroxylation is 1. The molecule has 0 unspecified atom stereocenters. The van der Waals surface area contributed by atoms with Crippen LogP contribution >= 0.6 is 0 Å². The van der Waals surface area contributed by atoms with Crippen molar-refractivity contribution in [3.05, 3.63) is 90.0 Å². The lowest BCUT2D eigenvalue weighted by Crippen LogP contribution is -2.53. The van der Waals surface area contributed by atoms with E-state index in [0.29, 0.717) is 18.8 Å². The Morgan fingerprint density at radius 2 is 1.57 bits per heavy atom. The number of ether oxygens (including phenoxy) is 1. The number of nitrogens with zero attached hydrogens (tertiary/aromatic N) is 2. The van der Waals surface area contributed by atoms with Gasteiger partial charge in [0.15, 0.2) is 0 Å². The molecule has 2 amide bonds. The summed E-state index contributed by atoms with van der Waals surface area (Å²) in [7, 11) is -4.17. The lowest BCUT2D eigenvalue weighted by atomic mass is 10.1. The highest BCUT2D eigenvalue weighted by Crippen LogP contribution is 2.33. The zero-order valence-electron chi connectivity index (χ0n) is 24.7. The fourth-order valence-corrected chi connectivity index (χ4v) is 6.80. The first-order valence-electron chi connectivity index (χ1n) is 14.7. The van der Waals surface area contributed by atoms with Crippen LogP contribution in [-0.2, 0) is 26.2 Å². The Balaban J connectivity index is 1.74. The molecule has 42 heavy (non-hydrogen) atoms. The average Bonchev–Trinajstić information content (AvgIpc) is 3.50. The molecule has 0 aliphatic heterocycles. The first kappa shape index (κ1) is 31.1. The Labute approximate surface area is 249 Å². The first-order chi connectivity index (χ1) is 20.2. The Morgan fingerprint density at radius 1 is 0.929 bits per heavy atom. The monoisotopic (exact) mass is 591 g/mol. The molecule has 3 aromatic rings. The molecule has 1 aliphatic rings. The van der Waals surface area contributed by atoms with E-state index in [1.807, 2.05) is 45.0 Å². The number of para-hydroxylation sites is 2. The summed E-state index contributed by atoms with van der Waals surface area (Å²) in [4.78, 5) is 29.4. The minimum absolute atomic E-state index is 0.0557. The molecular formula is C33H41N3O5S. The van der Waals surface area contributed by atoms with E-state index < -0.39 is 28.5 Å². The lowest BCUT2D eigenvalue weighted by molar-refractivity contribution is -0.140. The van der Waals surface area contributed by atoms with Gasteiger partial charge in [-0.3, -0.25) is 13.9 Å². The lowest BCUT2D eigenvalue weighted by Gasteiger charge is -2.34. The zero-order valence-corrected chi connectivity index (χ0v) is 25.5. The van der Waals surface area contributed by atoms with Gasteiger partial charge in [-0.2, -0.15) is 0 Å². The third-order valence-electron chi connectivity index (χ3n) is 7.60. The van der Waals surface area contributed by atoms with Gasteiger partial charge in [0, 0.05) is 12.6 Å². The number of anilines is 1. The van der Waals surface area contributed by atoms with Gasteiger partial charge in [0.25, 0.3) is 10.0 Å².